The lowest BCUT2D eigenvalue weighted by Crippen LogP contribution is -1.85. The summed E-state index contributed by atoms with van der Waals surface area (Å²) in [5.41, 5.74) is 0. The van der Waals surface area contributed by atoms with E-state index in [0.29, 0.717) is 5.37 Å². The number of halogens is 1. The van der Waals surface area contributed by atoms with Crippen molar-refractivity contribution in [3.8, 4) is 0 Å². The number of hydrogen-bond acceptors (Lipinski definition) is 1. The van der Waals surface area contributed by atoms with Crippen molar-refractivity contribution in [3.05, 3.63) is 4.84 Å². The van der Waals surface area contributed by atoms with Crippen LogP contribution in [0.2, 0.25) is 0 Å². The van der Waals surface area contributed by atoms with Crippen LogP contribution in [-0.4, -0.2) is 11.1 Å². The molecule has 1 nitrogen and oxygen atoms in total. The van der Waals surface area contributed by atoms with Crippen LogP contribution < -0.4 is 0 Å². The van der Waals surface area contributed by atoms with Crippen molar-refractivity contribution in [1.82, 2.24) is 0 Å². The third-order valence-corrected chi connectivity index (χ3v) is 2.62. The average Bonchev–Trinajstić information content (AvgIpc) is 2.14. The van der Waals surface area contributed by atoms with Crippen molar-refractivity contribution in [3.63, 3.8) is 0 Å². The van der Waals surface area contributed by atoms with Crippen LogP contribution in [0.25, 0.3) is 4.84 Å². The zero-order valence-corrected chi connectivity index (χ0v) is 5.50. The molecule has 1 fully saturated rings. The first-order chi connectivity index (χ1) is 3.43. The van der Waals surface area contributed by atoms with Crippen molar-refractivity contribution in [2.24, 2.45) is 0 Å². The topological polar surface area (TPSA) is 14.1 Å². The predicted octanol–water partition coefficient (Wildman–Crippen LogP) is 2.37. The van der Waals surface area contributed by atoms with Gasteiger partial charge in [0.2, 0.25) is 0 Å². The highest BCUT2D eigenvalue weighted by molar-refractivity contribution is 8.00. The van der Waals surface area contributed by atoms with Crippen molar-refractivity contribution >= 4 is 23.5 Å². The van der Waals surface area contributed by atoms with Crippen molar-refractivity contribution in [2.45, 2.75) is 18.2 Å². The van der Waals surface area contributed by atoms with E-state index in [9.17, 15) is 0 Å². The molecule has 0 aliphatic carbocycles. The highest BCUT2D eigenvalue weighted by Gasteiger charge is 2.04. The first-order valence-electron chi connectivity index (χ1n) is 2.36. The Morgan fingerprint density at radius 3 is 2.86 bits per heavy atom. The van der Waals surface area contributed by atoms with E-state index in [-0.39, 0.29) is 0 Å². The van der Waals surface area contributed by atoms with Gasteiger partial charge in [-0.25, -0.2) is 0 Å². The highest BCUT2D eigenvalue weighted by Crippen LogP contribution is 2.30. The Labute approximate surface area is 52.9 Å². The molecule has 0 bridgehead atoms. The van der Waals surface area contributed by atoms with E-state index in [1.807, 2.05) is 11.8 Å². The third-order valence-electron chi connectivity index (χ3n) is 1.01. The van der Waals surface area contributed by atoms with Gasteiger partial charge in [-0.05, 0) is 12.2 Å². The molecule has 0 spiro atoms. The van der Waals surface area contributed by atoms with E-state index in [1.165, 1.54) is 18.6 Å². The van der Waals surface area contributed by atoms with Crippen LogP contribution in [-0.2, 0) is 0 Å². The second kappa shape index (κ2) is 2.80. The molecular weight excluding hydrogens is 130 g/mol. The maximum atomic E-state index is 5.21. The summed E-state index contributed by atoms with van der Waals surface area (Å²) < 4.78 is 0. The summed E-state index contributed by atoms with van der Waals surface area (Å²) in [6.07, 6.45) is 2.46. The van der Waals surface area contributed by atoms with E-state index in [1.54, 1.807) is 0 Å². The summed E-state index contributed by atoms with van der Waals surface area (Å²) >= 11 is 7.06. The van der Waals surface area contributed by atoms with Gasteiger partial charge in [-0.2, -0.15) is 11.8 Å². The van der Waals surface area contributed by atoms with Crippen LogP contribution in [0.1, 0.15) is 12.8 Å². The first-order valence-corrected chi connectivity index (χ1v) is 3.75. The monoisotopic (exact) mass is 136 g/mol. The number of rotatable bonds is 1. The lowest BCUT2D eigenvalue weighted by Gasteiger charge is -2.17. The van der Waals surface area contributed by atoms with Gasteiger partial charge in [0.25, 0.3) is 0 Å². The minimum atomic E-state index is 0.404. The normalized spacial score (nSPS) is 31.3. The smallest absolute Gasteiger partial charge is 0.00822 e. The van der Waals surface area contributed by atoms with Gasteiger partial charge in [-0.3, -0.25) is 11.8 Å². The fourth-order valence-corrected chi connectivity index (χ4v) is 1.90. The molecule has 7 heavy (non-hydrogen) atoms. The molecule has 0 aromatic heterocycles. The highest BCUT2D eigenvalue weighted by atomic mass is 35.5. The Balaban J connectivity index is 2.14. The van der Waals surface area contributed by atoms with E-state index in [0.717, 1.165) is 0 Å². The molecule has 0 N–H and O–H groups in total. The maximum Gasteiger partial charge on any atom is -0.00822 e. The SMILES string of the molecule is Cl[N-]C1CCCS1. The van der Waals surface area contributed by atoms with Crippen LogP contribution in [0.5, 0.6) is 0 Å². The Hall–Kier alpha value is 0.600. The fraction of sp³-hybridized carbons (Fsp3) is 1.00. The third kappa shape index (κ3) is 1.52. The summed E-state index contributed by atoms with van der Waals surface area (Å²) in [5.74, 6) is 1.24. The van der Waals surface area contributed by atoms with Gasteiger partial charge < -0.3 is 4.84 Å². The van der Waals surface area contributed by atoms with Gasteiger partial charge in [-0.1, -0.05) is 11.8 Å². The quantitative estimate of drug-likeness (QED) is 0.540. The molecule has 0 amide bonds. The minimum absolute atomic E-state index is 0.404. The predicted molar refractivity (Wildman–Crippen MR) is 34.7 cm³/mol. The second-order valence-electron chi connectivity index (χ2n) is 1.57. The second-order valence-corrected chi connectivity index (χ2v) is 3.05. The van der Waals surface area contributed by atoms with Crippen molar-refractivity contribution < 1.29 is 0 Å². The summed E-state index contributed by atoms with van der Waals surface area (Å²) in [4.78, 5) is 3.62. The molecule has 1 heterocycles. The van der Waals surface area contributed by atoms with Crippen LogP contribution in [0.3, 0.4) is 0 Å². The molecule has 0 aromatic carbocycles. The average molecular weight is 137 g/mol. The van der Waals surface area contributed by atoms with Gasteiger partial charge in [0.15, 0.2) is 0 Å². The molecule has 0 aromatic rings. The number of thioether (sulfide) groups is 1. The molecule has 1 aliphatic rings. The molecule has 1 aliphatic heterocycles. The Morgan fingerprint density at radius 2 is 2.57 bits per heavy atom. The van der Waals surface area contributed by atoms with Crippen molar-refractivity contribution in [1.29, 1.82) is 0 Å². The molecule has 42 valence electrons. The van der Waals surface area contributed by atoms with Gasteiger partial charge >= 0.3 is 0 Å². The summed E-state index contributed by atoms with van der Waals surface area (Å²) in [6.45, 7) is 0. The summed E-state index contributed by atoms with van der Waals surface area (Å²) in [5, 5.41) is 0.404. The van der Waals surface area contributed by atoms with Gasteiger partial charge in [0.1, 0.15) is 0 Å². The summed E-state index contributed by atoms with van der Waals surface area (Å²) in [6, 6.07) is 0. The largest absolute Gasteiger partial charge is 0.564 e. The molecule has 1 rings (SSSR count). The lowest BCUT2D eigenvalue weighted by atomic mass is 10.3. The molecule has 1 unspecified atom stereocenters. The lowest BCUT2D eigenvalue weighted by molar-refractivity contribution is 0.876. The minimum Gasteiger partial charge on any atom is -0.564 e. The van der Waals surface area contributed by atoms with E-state index < -0.39 is 0 Å². The zero-order valence-electron chi connectivity index (χ0n) is 3.93. The van der Waals surface area contributed by atoms with Gasteiger partial charge in [-0.15, -0.1) is 0 Å². The van der Waals surface area contributed by atoms with E-state index in [4.69, 9.17) is 11.8 Å². The van der Waals surface area contributed by atoms with Gasteiger partial charge in [0.05, 0.1) is 0 Å². The van der Waals surface area contributed by atoms with Gasteiger partial charge in [0, 0.05) is 0 Å². The number of nitrogens with zero attached hydrogens (tertiary/aromatic N) is 1. The molecule has 0 radical (unpaired) electrons. The Kier molecular flexibility index (Phi) is 2.29. The van der Waals surface area contributed by atoms with Crippen LogP contribution in [0.4, 0.5) is 0 Å². The Bertz CT molecular complexity index is 53.7. The van der Waals surface area contributed by atoms with E-state index >= 15 is 0 Å². The molecule has 1 saturated heterocycles. The van der Waals surface area contributed by atoms with Crippen LogP contribution in [0.15, 0.2) is 0 Å². The standard InChI is InChI=1S/C4H7ClNS/c5-6-4-2-1-3-7-4/h4H,1-3H2/q-1. The molecular formula is C4H7ClNS-. The summed E-state index contributed by atoms with van der Waals surface area (Å²) in [7, 11) is 0. The Morgan fingerprint density at radius 1 is 1.71 bits per heavy atom. The molecule has 1 atom stereocenters. The zero-order chi connectivity index (χ0) is 5.11. The molecule has 0 saturated carbocycles. The number of hydrogen-bond donors (Lipinski definition) is 0. The van der Waals surface area contributed by atoms with Crippen LogP contribution in [0, 0.1) is 0 Å². The van der Waals surface area contributed by atoms with E-state index in [2.05, 4.69) is 4.84 Å². The maximum absolute atomic E-state index is 5.21. The fourth-order valence-electron chi connectivity index (χ4n) is 0.638. The molecule has 3 heteroatoms. The van der Waals surface area contributed by atoms with Crippen molar-refractivity contribution in [2.75, 3.05) is 5.75 Å². The van der Waals surface area contributed by atoms with Crippen LogP contribution >= 0.6 is 23.5 Å². The first kappa shape index (κ1) is 5.73.